The first-order valence-corrected chi connectivity index (χ1v) is 11.5. The minimum atomic E-state index is -1.41. The van der Waals surface area contributed by atoms with Crippen molar-refractivity contribution in [2.45, 2.75) is 84.0 Å². The van der Waals surface area contributed by atoms with E-state index in [4.69, 9.17) is 28.4 Å². The summed E-state index contributed by atoms with van der Waals surface area (Å²) in [5.74, 6) is -2.14. The van der Waals surface area contributed by atoms with Gasteiger partial charge in [-0.25, -0.2) is 24.2 Å². The Morgan fingerprint density at radius 1 is 1.05 bits per heavy atom. The first-order chi connectivity index (χ1) is 17.0. The Morgan fingerprint density at radius 3 is 2.03 bits per heavy atom. The Hall–Kier alpha value is -3.55. The summed E-state index contributed by atoms with van der Waals surface area (Å²) in [6.45, 7) is 11.4. The van der Waals surface area contributed by atoms with Crippen LogP contribution >= 0.6 is 0 Å². The van der Waals surface area contributed by atoms with Gasteiger partial charge in [0.25, 0.3) is 0 Å². The molecule has 14 heteroatoms. The molecule has 1 fully saturated rings. The number of nitrogens with one attached hydrogen (secondary N) is 2. The molecule has 2 rings (SSSR count). The second-order valence-electron chi connectivity index (χ2n) is 10.4. The van der Waals surface area contributed by atoms with Gasteiger partial charge in [0.05, 0.1) is 13.2 Å². The fourth-order valence-corrected chi connectivity index (χ4v) is 3.31. The van der Waals surface area contributed by atoms with Gasteiger partial charge in [0, 0.05) is 5.92 Å². The molecule has 0 aliphatic carbocycles. The lowest BCUT2D eigenvalue weighted by Crippen LogP contribution is -2.51. The first kappa shape index (κ1) is 29.7. The smallest absolute Gasteiger partial charge is 0.480 e. The first-order valence-electron chi connectivity index (χ1n) is 11.5. The van der Waals surface area contributed by atoms with Gasteiger partial charge in [-0.2, -0.15) is 0 Å². The second kappa shape index (κ2) is 11.7. The summed E-state index contributed by atoms with van der Waals surface area (Å²) in [4.78, 5) is 52.9. The number of cyclic esters (lactones) is 2. The van der Waals surface area contributed by atoms with E-state index in [0.29, 0.717) is 0 Å². The summed E-state index contributed by atoms with van der Waals surface area (Å²) >= 11 is 0. The zero-order valence-corrected chi connectivity index (χ0v) is 22.1. The maximum Gasteiger partial charge on any atom is 0.508 e. The highest BCUT2D eigenvalue weighted by molar-refractivity contribution is 6.01. The van der Waals surface area contributed by atoms with Crippen molar-refractivity contribution < 1.29 is 52.7 Å². The van der Waals surface area contributed by atoms with Crippen molar-refractivity contribution in [3.63, 3.8) is 0 Å². The van der Waals surface area contributed by atoms with Crippen molar-refractivity contribution in [1.29, 1.82) is 0 Å². The maximum absolute atomic E-state index is 12.4. The van der Waals surface area contributed by atoms with E-state index in [2.05, 4.69) is 15.6 Å². The van der Waals surface area contributed by atoms with E-state index < -0.39 is 65.8 Å². The van der Waals surface area contributed by atoms with E-state index in [0.717, 1.165) is 7.11 Å². The molecule has 208 valence electrons. The fourth-order valence-electron chi connectivity index (χ4n) is 3.31. The monoisotopic (exact) mass is 529 g/mol. The standard InChI is InChI=1S/C23H35N3O11/c1-11-12(9-13(17(28)32-8)34-16(11)15(27)14-10-33-21(31)35-14)24-18(25-19(29)36-22(2,3)4)26-20(30)37-23(5,6)7/h9,11-12,14-16,27H,10H2,1-8H3,(H2,24,25,26,29,30)/t11-,12+,14-,15-,16?/m1/s1. The predicted molar refractivity (Wildman–Crippen MR) is 126 cm³/mol. The molecule has 0 aromatic heterocycles. The van der Waals surface area contributed by atoms with Crippen LogP contribution in [0.25, 0.3) is 0 Å². The number of esters is 1. The molecule has 2 amide bonds. The summed E-state index contributed by atoms with van der Waals surface area (Å²) in [5.41, 5.74) is -1.69. The quantitative estimate of drug-likeness (QED) is 0.209. The van der Waals surface area contributed by atoms with Crippen LogP contribution in [-0.4, -0.2) is 84.6 Å². The lowest BCUT2D eigenvalue weighted by Gasteiger charge is -2.36. The highest BCUT2D eigenvalue weighted by Gasteiger charge is 2.45. The average molecular weight is 530 g/mol. The molecule has 37 heavy (non-hydrogen) atoms. The summed E-state index contributed by atoms with van der Waals surface area (Å²) in [7, 11) is 1.14. The van der Waals surface area contributed by atoms with Crippen LogP contribution in [0.4, 0.5) is 14.4 Å². The molecule has 5 atom stereocenters. The van der Waals surface area contributed by atoms with Crippen LogP contribution in [0.2, 0.25) is 0 Å². The molecule has 0 spiro atoms. The third-order valence-electron chi connectivity index (χ3n) is 4.88. The highest BCUT2D eigenvalue weighted by atomic mass is 16.8. The number of hydrogen-bond donors (Lipinski definition) is 3. The molecule has 0 aromatic carbocycles. The highest BCUT2D eigenvalue weighted by Crippen LogP contribution is 2.31. The number of amides is 2. The van der Waals surface area contributed by atoms with Crippen molar-refractivity contribution in [3.8, 4) is 0 Å². The minimum absolute atomic E-state index is 0.219. The molecule has 1 saturated heterocycles. The predicted octanol–water partition coefficient (Wildman–Crippen LogP) is 1.75. The van der Waals surface area contributed by atoms with E-state index in [9.17, 15) is 24.3 Å². The van der Waals surface area contributed by atoms with Gasteiger partial charge in [0.15, 0.2) is 6.10 Å². The minimum Gasteiger partial charge on any atom is -0.480 e. The van der Waals surface area contributed by atoms with Gasteiger partial charge in [-0.05, 0) is 47.6 Å². The van der Waals surface area contributed by atoms with Gasteiger partial charge in [0.1, 0.15) is 30.0 Å². The van der Waals surface area contributed by atoms with E-state index in [1.165, 1.54) is 6.08 Å². The Morgan fingerprint density at radius 2 is 1.59 bits per heavy atom. The van der Waals surface area contributed by atoms with E-state index in [1.54, 1.807) is 48.5 Å². The number of aliphatic hydroxyl groups excluding tert-OH is 1. The number of hydrogen-bond acceptors (Lipinski definition) is 12. The number of nitrogens with zero attached hydrogens (tertiary/aromatic N) is 1. The molecule has 0 radical (unpaired) electrons. The topological polar surface area (TPSA) is 180 Å². The number of methoxy groups -OCH3 is 1. The van der Waals surface area contributed by atoms with Gasteiger partial charge < -0.3 is 33.5 Å². The molecule has 3 N–H and O–H groups in total. The Kier molecular flexibility index (Phi) is 9.36. The molecule has 2 aliphatic heterocycles. The van der Waals surface area contributed by atoms with Gasteiger partial charge in [-0.1, -0.05) is 6.92 Å². The van der Waals surface area contributed by atoms with E-state index in [-0.39, 0.29) is 18.3 Å². The summed E-state index contributed by atoms with van der Waals surface area (Å²) in [6.07, 6.45) is -5.04. The molecule has 14 nitrogen and oxygen atoms in total. The SMILES string of the molecule is COC(=O)C1=C[C@H](N=C(NC(=O)OC(C)(C)C)NC(=O)OC(C)(C)C)[C@@H](C)C([C@H](O)[C@H]2COC(=O)O2)O1. The third-order valence-corrected chi connectivity index (χ3v) is 4.88. The number of aliphatic hydroxyl groups is 1. The number of carbonyl (C=O) groups excluding carboxylic acids is 4. The number of rotatable bonds is 4. The van der Waals surface area contributed by atoms with E-state index >= 15 is 0 Å². The van der Waals surface area contributed by atoms with E-state index in [1.807, 2.05) is 0 Å². The van der Waals surface area contributed by atoms with Gasteiger partial charge in [-0.15, -0.1) is 0 Å². The molecule has 0 saturated carbocycles. The third kappa shape index (κ3) is 9.12. The van der Waals surface area contributed by atoms with Gasteiger partial charge in [0.2, 0.25) is 11.7 Å². The van der Waals surface area contributed by atoms with Crippen molar-refractivity contribution >= 4 is 30.3 Å². The van der Waals surface area contributed by atoms with Crippen LogP contribution < -0.4 is 10.6 Å². The zero-order valence-electron chi connectivity index (χ0n) is 22.1. The summed E-state index contributed by atoms with van der Waals surface area (Å²) in [5, 5.41) is 15.6. The summed E-state index contributed by atoms with van der Waals surface area (Å²) < 4.78 is 30.6. The molecule has 1 unspecified atom stereocenters. The van der Waals surface area contributed by atoms with Gasteiger partial charge in [-0.3, -0.25) is 10.6 Å². The van der Waals surface area contributed by atoms with Crippen molar-refractivity contribution in [1.82, 2.24) is 10.6 Å². The van der Waals surface area contributed by atoms with Crippen LogP contribution in [0.15, 0.2) is 16.8 Å². The number of guanidine groups is 1. The van der Waals surface area contributed by atoms with Crippen molar-refractivity contribution in [3.05, 3.63) is 11.8 Å². The number of carbonyl (C=O) groups is 4. The number of aliphatic imine (C=N–C) groups is 1. The Labute approximate surface area is 214 Å². The number of ether oxygens (including phenoxy) is 6. The number of alkyl carbamates (subject to hydrolysis) is 2. The lowest BCUT2D eigenvalue weighted by molar-refractivity contribution is -0.147. The lowest BCUT2D eigenvalue weighted by atomic mass is 9.88. The van der Waals surface area contributed by atoms with Gasteiger partial charge >= 0.3 is 24.3 Å². The van der Waals surface area contributed by atoms with Crippen LogP contribution in [0.5, 0.6) is 0 Å². The Balaban J connectivity index is 2.41. The molecule has 2 aliphatic rings. The van der Waals surface area contributed by atoms with Crippen LogP contribution in [0, 0.1) is 5.92 Å². The largest absolute Gasteiger partial charge is 0.508 e. The van der Waals surface area contributed by atoms with Crippen LogP contribution in [0.1, 0.15) is 48.5 Å². The molecule has 0 aromatic rings. The fraction of sp³-hybridized carbons (Fsp3) is 0.696. The Bertz CT molecular complexity index is 917. The summed E-state index contributed by atoms with van der Waals surface area (Å²) in [6, 6.07) is -0.944. The van der Waals surface area contributed by atoms with Crippen molar-refractivity contribution in [2.75, 3.05) is 13.7 Å². The van der Waals surface area contributed by atoms with Crippen molar-refractivity contribution in [2.24, 2.45) is 10.9 Å². The normalized spacial score (nSPS) is 24.2. The van der Waals surface area contributed by atoms with Crippen LogP contribution in [0.3, 0.4) is 0 Å². The molecule has 0 bridgehead atoms. The van der Waals surface area contributed by atoms with Crippen LogP contribution in [-0.2, 0) is 33.2 Å². The average Bonchev–Trinajstić information content (AvgIpc) is 3.17. The zero-order chi connectivity index (χ0) is 28.1. The molecular formula is C23H35N3O11. The molecule has 2 heterocycles. The molecular weight excluding hydrogens is 494 g/mol. The second-order valence-corrected chi connectivity index (χ2v) is 10.4. The maximum atomic E-state index is 12.4.